The van der Waals surface area contributed by atoms with Gasteiger partial charge in [-0.25, -0.2) is 0 Å². The van der Waals surface area contributed by atoms with Crippen molar-refractivity contribution in [2.75, 3.05) is 32.7 Å². The van der Waals surface area contributed by atoms with E-state index in [4.69, 9.17) is 0 Å². The van der Waals surface area contributed by atoms with Gasteiger partial charge in [-0.3, -0.25) is 4.90 Å². The summed E-state index contributed by atoms with van der Waals surface area (Å²) in [6, 6.07) is 0.805. The van der Waals surface area contributed by atoms with Crippen molar-refractivity contribution in [3.63, 3.8) is 0 Å². The van der Waals surface area contributed by atoms with E-state index >= 15 is 0 Å². The van der Waals surface area contributed by atoms with Crippen LogP contribution in [-0.4, -0.2) is 59.8 Å². The van der Waals surface area contributed by atoms with Crippen LogP contribution < -0.4 is 0 Å². The Morgan fingerprint density at radius 3 is 2.62 bits per heavy atom. The van der Waals surface area contributed by atoms with E-state index in [1.807, 2.05) is 0 Å². The average molecular weight is 294 g/mol. The molecule has 4 unspecified atom stereocenters. The molecule has 0 radical (unpaired) electrons. The summed E-state index contributed by atoms with van der Waals surface area (Å²) in [6.45, 7) is 8.59. The van der Waals surface area contributed by atoms with Gasteiger partial charge in [0.05, 0.1) is 6.10 Å². The second kappa shape index (κ2) is 7.43. The highest BCUT2D eigenvalue weighted by molar-refractivity contribution is 4.89. The molecule has 2 aliphatic heterocycles. The van der Waals surface area contributed by atoms with Crippen LogP contribution >= 0.6 is 0 Å². The summed E-state index contributed by atoms with van der Waals surface area (Å²) >= 11 is 0. The van der Waals surface area contributed by atoms with Gasteiger partial charge in [-0.1, -0.05) is 19.8 Å². The summed E-state index contributed by atoms with van der Waals surface area (Å²) in [5.41, 5.74) is 0. The molecule has 2 heterocycles. The lowest BCUT2D eigenvalue weighted by Crippen LogP contribution is -2.40. The van der Waals surface area contributed by atoms with Crippen LogP contribution in [0.4, 0.5) is 0 Å². The molecule has 21 heavy (non-hydrogen) atoms. The number of likely N-dealkylation sites (tertiary alicyclic amines) is 2. The third kappa shape index (κ3) is 4.00. The highest BCUT2D eigenvalue weighted by Gasteiger charge is 2.34. The van der Waals surface area contributed by atoms with Crippen molar-refractivity contribution in [1.82, 2.24) is 9.80 Å². The highest BCUT2D eigenvalue weighted by Crippen LogP contribution is 2.33. The van der Waals surface area contributed by atoms with Crippen molar-refractivity contribution in [3.8, 4) is 0 Å². The Bertz CT molecular complexity index is 316. The van der Waals surface area contributed by atoms with Crippen molar-refractivity contribution >= 4 is 0 Å². The Morgan fingerprint density at radius 2 is 1.86 bits per heavy atom. The fourth-order valence-corrected chi connectivity index (χ4v) is 4.93. The van der Waals surface area contributed by atoms with Gasteiger partial charge in [0, 0.05) is 19.1 Å². The Kier molecular flexibility index (Phi) is 5.58. The molecule has 122 valence electrons. The predicted molar refractivity (Wildman–Crippen MR) is 87.4 cm³/mol. The molecule has 3 aliphatic rings. The van der Waals surface area contributed by atoms with Gasteiger partial charge < -0.3 is 10.0 Å². The standard InChI is InChI=1S/C18H34N2O/c1-2-5-15-6-7-18(21)16(12-15)13-19-11-8-17(14-19)20-9-3-4-10-20/h15-18,21H,2-14H2,1H3. The van der Waals surface area contributed by atoms with E-state index in [-0.39, 0.29) is 6.10 Å². The van der Waals surface area contributed by atoms with Crippen LogP contribution in [0.2, 0.25) is 0 Å². The fourth-order valence-electron chi connectivity index (χ4n) is 4.93. The minimum atomic E-state index is -0.0380. The normalized spacial score (nSPS) is 39.1. The van der Waals surface area contributed by atoms with Gasteiger partial charge in [-0.05, 0) is 70.0 Å². The molecular weight excluding hydrogens is 260 g/mol. The molecule has 1 saturated carbocycles. The van der Waals surface area contributed by atoms with Crippen LogP contribution in [0.15, 0.2) is 0 Å². The maximum atomic E-state index is 10.4. The molecule has 3 fully saturated rings. The van der Waals surface area contributed by atoms with E-state index in [0.717, 1.165) is 24.9 Å². The second-order valence-electron chi connectivity index (χ2n) is 7.74. The molecule has 4 atom stereocenters. The van der Waals surface area contributed by atoms with Crippen molar-refractivity contribution in [1.29, 1.82) is 0 Å². The largest absolute Gasteiger partial charge is 0.393 e. The molecule has 2 saturated heterocycles. The van der Waals surface area contributed by atoms with Crippen molar-refractivity contribution in [2.24, 2.45) is 11.8 Å². The van der Waals surface area contributed by atoms with Crippen LogP contribution in [0, 0.1) is 11.8 Å². The molecule has 3 heteroatoms. The molecule has 0 amide bonds. The van der Waals surface area contributed by atoms with Gasteiger partial charge in [0.25, 0.3) is 0 Å². The summed E-state index contributed by atoms with van der Waals surface area (Å²) < 4.78 is 0. The minimum absolute atomic E-state index is 0.0380. The third-order valence-electron chi connectivity index (χ3n) is 6.15. The molecule has 1 aliphatic carbocycles. The van der Waals surface area contributed by atoms with E-state index in [9.17, 15) is 5.11 Å². The van der Waals surface area contributed by atoms with E-state index in [1.165, 1.54) is 71.1 Å². The number of nitrogens with zero attached hydrogens (tertiary/aromatic N) is 2. The Labute approximate surface area is 130 Å². The molecular formula is C18H34N2O. The van der Waals surface area contributed by atoms with Crippen LogP contribution in [0.25, 0.3) is 0 Å². The predicted octanol–water partition coefficient (Wildman–Crippen LogP) is 2.73. The Morgan fingerprint density at radius 1 is 1.05 bits per heavy atom. The lowest BCUT2D eigenvalue weighted by atomic mass is 9.77. The molecule has 0 spiro atoms. The van der Waals surface area contributed by atoms with Crippen molar-refractivity contribution in [2.45, 2.75) is 70.4 Å². The van der Waals surface area contributed by atoms with Gasteiger partial charge in [-0.15, -0.1) is 0 Å². The Balaban J connectivity index is 1.47. The van der Waals surface area contributed by atoms with Gasteiger partial charge in [0.15, 0.2) is 0 Å². The number of hydrogen-bond acceptors (Lipinski definition) is 3. The highest BCUT2D eigenvalue weighted by atomic mass is 16.3. The summed E-state index contributed by atoms with van der Waals surface area (Å²) in [5, 5.41) is 10.4. The van der Waals surface area contributed by atoms with Crippen LogP contribution in [0.5, 0.6) is 0 Å². The zero-order chi connectivity index (χ0) is 14.7. The monoisotopic (exact) mass is 294 g/mol. The van der Waals surface area contributed by atoms with Gasteiger partial charge in [0.1, 0.15) is 0 Å². The zero-order valence-electron chi connectivity index (χ0n) is 13.8. The maximum Gasteiger partial charge on any atom is 0.0580 e. The lowest BCUT2D eigenvalue weighted by molar-refractivity contribution is 0.0285. The molecule has 3 nitrogen and oxygen atoms in total. The quantitative estimate of drug-likeness (QED) is 0.844. The van der Waals surface area contributed by atoms with Gasteiger partial charge in [-0.2, -0.15) is 0 Å². The summed E-state index contributed by atoms with van der Waals surface area (Å²) in [4.78, 5) is 5.35. The number of aliphatic hydroxyl groups is 1. The number of rotatable bonds is 5. The number of hydrogen-bond donors (Lipinski definition) is 1. The lowest BCUT2D eigenvalue weighted by Gasteiger charge is -2.35. The first-order valence-electron chi connectivity index (χ1n) is 9.40. The van der Waals surface area contributed by atoms with Crippen LogP contribution in [0.1, 0.15) is 58.3 Å². The summed E-state index contributed by atoms with van der Waals surface area (Å²) in [7, 11) is 0. The first-order valence-corrected chi connectivity index (χ1v) is 9.40. The third-order valence-corrected chi connectivity index (χ3v) is 6.15. The smallest absolute Gasteiger partial charge is 0.0580 e. The van der Waals surface area contributed by atoms with E-state index in [0.29, 0.717) is 5.92 Å². The Hall–Kier alpha value is -0.120. The number of aliphatic hydroxyl groups excluding tert-OH is 1. The zero-order valence-corrected chi connectivity index (χ0v) is 13.8. The molecule has 3 rings (SSSR count). The minimum Gasteiger partial charge on any atom is -0.393 e. The summed E-state index contributed by atoms with van der Waals surface area (Å²) in [6.07, 6.45) is 10.3. The van der Waals surface area contributed by atoms with Gasteiger partial charge in [0.2, 0.25) is 0 Å². The van der Waals surface area contributed by atoms with Crippen molar-refractivity contribution in [3.05, 3.63) is 0 Å². The first-order chi connectivity index (χ1) is 10.3. The van der Waals surface area contributed by atoms with E-state index in [2.05, 4.69) is 16.7 Å². The molecule has 1 N–H and O–H groups in total. The molecule has 0 aromatic heterocycles. The van der Waals surface area contributed by atoms with E-state index in [1.54, 1.807) is 0 Å². The topological polar surface area (TPSA) is 26.7 Å². The first kappa shape index (κ1) is 15.8. The van der Waals surface area contributed by atoms with Gasteiger partial charge >= 0.3 is 0 Å². The van der Waals surface area contributed by atoms with E-state index < -0.39 is 0 Å². The molecule has 0 bridgehead atoms. The molecule has 0 aromatic rings. The maximum absolute atomic E-state index is 10.4. The fraction of sp³-hybridized carbons (Fsp3) is 1.00. The average Bonchev–Trinajstić information content (AvgIpc) is 3.13. The second-order valence-corrected chi connectivity index (χ2v) is 7.74. The SMILES string of the molecule is CCCC1CCC(O)C(CN2CCC(N3CCCC3)C2)C1. The van der Waals surface area contributed by atoms with Crippen molar-refractivity contribution < 1.29 is 5.11 Å². The van der Waals surface area contributed by atoms with Crippen LogP contribution in [-0.2, 0) is 0 Å². The summed E-state index contributed by atoms with van der Waals surface area (Å²) in [5.74, 6) is 1.41. The molecule has 0 aromatic carbocycles. The van der Waals surface area contributed by atoms with Crippen LogP contribution in [0.3, 0.4) is 0 Å².